The van der Waals surface area contributed by atoms with Crippen LogP contribution in [0.1, 0.15) is 19.3 Å². The predicted octanol–water partition coefficient (Wildman–Crippen LogP) is 1.83. The molecule has 0 saturated carbocycles. The molecule has 0 atom stereocenters. The fraction of sp³-hybridized carbons (Fsp3) is 0.444. The van der Waals surface area contributed by atoms with Crippen LogP contribution in [0.15, 0.2) is 23.8 Å². The van der Waals surface area contributed by atoms with Crippen LogP contribution in [0.5, 0.6) is 0 Å². The molecule has 0 amide bonds. The lowest BCUT2D eigenvalue weighted by Crippen LogP contribution is -2.01. The second-order valence-electron chi connectivity index (χ2n) is 2.48. The predicted molar refractivity (Wildman–Crippen MR) is 43.1 cm³/mol. The second kappa shape index (κ2) is 3.96. The summed E-state index contributed by atoms with van der Waals surface area (Å²) in [5, 5.41) is 0. The first kappa shape index (κ1) is 8.05. The minimum absolute atomic E-state index is 0.233. The molecule has 2 heteroatoms. The van der Waals surface area contributed by atoms with Crippen molar-refractivity contribution in [1.82, 2.24) is 0 Å². The van der Waals surface area contributed by atoms with Gasteiger partial charge in [0.05, 0.1) is 12.7 Å². The second-order valence-corrected chi connectivity index (χ2v) is 2.48. The van der Waals surface area contributed by atoms with E-state index in [9.17, 15) is 4.79 Å². The summed E-state index contributed by atoms with van der Waals surface area (Å²) in [6.07, 6.45) is 8.91. The molecule has 0 aromatic carbocycles. The third-order valence-corrected chi connectivity index (χ3v) is 1.66. The number of allylic oxidation sites excluding steroid dienone is 2. The van der Waals surface area contributed by atoms with Crippen LogP contribution in [0.4, 0.5) is 0 Å². The van der Waals surface area contributed by atoms with Crippen LogP contribution in [-0.4, -0.2) is 13.1 Å². The van der Waals surface area contributed by atoms with Gasteiger partial charge in [0.1, 0.15) is 0 Å². The van der Waals surface area contributed by atoms with Gasteiger partial charge in [-0.05, 0) is 19.3 Å². The molecule has 0 fully saturated rings. The van der Waals surface area contributed by atoms with Gasteiger partial charge < -0.3 is 4.74 Å². The first-order valence-electron chi connectivity index (χ1n) is 3.79. The third kappa shape index (κ3) is 2.22. The van der Waals surface area contributed by atoms with Crippen LogP contribution in [0.2, 0.25) is 0 Å². The van der Waals surface area contributed by atoms with E-state index < -0.39 is 0 Å². The molecule has 1 rings (SSSR count). The van der Waals surface area contributed by atoms with E-state index in [0.29, 0.717) is 5.57 Å². The number of carbonyl (C=O) groups excluding carboxylic acids is 1. The number of rotatable bonds is 1. The van der Waals surface area contributed by atoms with Crippen molar-refractivity contribution < 1.29 is 9.53 Å². The van der Waals surface area contributed by atoms with Crippen LogP contribution in [0, 0.1) is 0 Å². The Labute approximate surface area is 66.5 Å². The summed E-state index contributed by atoms with van der Waals surface area (Å²) >= 11 is 0. The van der Waals surface area contributed by atoms with Crippen molar-refractivity contribution in [2.75, 3.05) is 7.11 Å². The van der Waals surface area contributed by atoms with Gasteiger partial charge in [-0.25, -0.2) is 4.79 Å². The van der Waals surface area contributed by atoms with Crippen molar-refractivity contribution in [3.63, 3.8) is 0 Å². The topological polar surface area (TPSA) is 26.3 Å². The molecule has 0 heterocycles. The van der Waals surface area contributed by atoms with E-state index in [2.05, 4.69) is 4.74 Å². The maximum Gasteiger partial charge on any atom is 0.337 e. The zero-order valence-electron chi connectivity index (χ0n) is 6.67. The third-order valence-electron chi connectivity index (χ3n) is 1.66. The summed E-state index contributed by atoms with van der Waals surface area (Å²) < 4.78 is 4.59. The fourth-order valence-corrected chi connectivity index (χ4v) is 1.04. The quantitative estimate of drug-likeness (QED) is 0.536. The molecule has 0 spiro atoms. The highest BCUT2D eigenvalue weighted by Crippen LogP contribution is 2.10. The number of hydrogen-bond donors (Lipinski definition) is 0. The van der Waals surface area contributed by atoms with E-state index in [0.717, 1.165) is 19.3 Å². The summed E-state index contributed by atoms with van der Waals surface area (Å²) in [4.78, 5) is 11.0. The molecule has 1 aliphatic carbocycles. The van der Waals surface area contributed by atoms with E-state index in [1.807, 2.05) is 18.2 Å². The molecular weight excluding hydrogens is 140 g/mol. The van der Waals surface area contributed by atoms with Gasteiger partial charge in [-0.3, -0.25) is 0 Å². The molecule has 0 aromatic rings. The van der Waals surface area contributed by atoms with Gasteiger partial charge in [0.25, 0.3) is 0 Å². The number of methoxy groups -OCH3 is 1. The molecule has 0 saturated heterocycles. The number of hydrogen-bond acceptors (Lipinski definition) is 2. The Morgan fingerprint density at radius 3 is 3.09 bits per heavy atom. The van der Waals surface area contributed by atoms with E-state index in [1.165, 1.54) is 7.11 Å². The molecular formula is C9H12O2. The highest BCUT2D eigenvalue weighted by Gasteiger charge is 2.05. The summed E-state index contributed by atoms with van der Waals surface area (Å²) in [6, 6.07) is 0. The van der Waals surface area contributed by atoms with Crippen LogP contribution < -0.4 is 0 Å². The van der Waals surface area contributed by atoms with Crippen LogP contribution in [-0.2, 0) is 9.53 Å². The molecule has 2 nitrogen and oxygen atoms in total. The summed E-state index contributed by atoms with van der Waals surface area (Å²) in [5.74, 6) is -0.233. The van der Waals surface area contributed by atoms with Gasteiger partial charge in [-0.15, -0.1) is 0 Å². The zero-order chi connectivity index (χ0) is 8.10. The Hall–Kier alpha value is -1.05. The van der Waals surface area contributed by atoms with E-state index in [4.69, 9.17) is 0 Å². The molecule has 0 aromatic heterocycles. The van der Waals surface area contributed by atoms with Gasteiger partial charge in [-0.1, -0.05) is 18.2 Å². The summed E-state index contributed by atoms with van der Waals surface area (Å²) in [5.41, 5.74) is 0.685. The standard InChI is InChI=1S/C9H12O2/c1-11-9(10)8-6-4-2-3-5-7-8/h4,6-7H,2-3,5H2,1H3. The number of carbonyl (C=O) groups is 1. The first-order valence-corrected chi connectivity index (χ1v) is 3.79. The van der Waals surface area contributed by atoms with Crippen LogP contribution >= 0.6 is 0 Å². The molecule has 0 radical (unpaired) electrons. The van der Waals surface area contributed by atoms with Crippen molar-refractivity contribution in [3.05, 3.63) is 23.8 Å². The van der Waals surface area contributed by atoms with Gasteiger partial charge in [0, 0.05) is 0 Å². The Morgan fingerprint density at radius 2 is 2.36 bits per heavy atom. The van der Waals surface area contributed by atoms with Crippen molar-refractivity contribution in [2.45, 2.75) is 19.3 Å². The Balaban J connectivity index is 2.67. The van der Waals surface area contributed by atoms with Crippen molar-refractivity contribution in [1.29, 1.82) is 0 Å². The maximum absolute atomic E-state index is 11.0. The van der Waals surface area contributed by atoms with Crippen molar-refractivity contribution >= 4 is 5.97 Å². The van der Waals surface area contributed by atoms with Crippen LogP contribution in [0.25, 0.3) is 0 Å². The molecule has 0 aliphatic heterocycles. The molecule has 0 bridgehead atoms. The van der Waals surface area contributed by atoms with Crippen molar-refractivity contribution in [2.24, 2.45) is 0 Å². The minimum atomic E-state index is -0.233. The van der Waals surface area contributed by atoms with Crippen molar-refractivity contribution in [3.8, 4) is 0 Å². The molecule has 60 valence electrons. The van der Waals surface area contributed by atoms with E-state index in [-0.39, 0.29) is 5.97 Å². The van der Waals surface area contributed by atoms with Gasteiger partial charge in [0.2, 0.25) is 0 Å². The summed E-state index contributed by atoms with van der Waals surface area (Å²) in [7, 11) is 1.40. The lowest BCUT2D eigenvalue weighted by molar-refractivity contribution is -0.135. The Bertz CT molecular complexity index is 202. The normalized spacial score (nSPS) is 17.0. The van der Waals surface area contributed by atoms with E-state index in [1.54, 1.807) is 0 Å². The molecule has 11 heavy (non-hydrogen) atoms. The first-order chi connectivity index (χ1) is 5.34. The Kier molecular flexibility index (Phi) is 2.90. The van der Waals surface area contributed by atoms with Crippen LogP contribution in [0.3, 0.4) is 0 Å². The van der Waals surface area contributed by atoms with Gasteiger partial charge in [-0.2, -0.15) is 0 Å². The Morgan fingerprint density at radius 1 is 1.55 bits per heavy atom. The number of ether oxygens (including phenoxy) is 1. The maximum atomic E-state index is 11.0. The average Bonchev–Trinajstić information content (AvgIpc) is 2.30. The molecule has 1 aliphatic rings. The molecule has 0 unspecified atom stereocenters. The average molecular weight is 152 g/mol. The zero-order valence-corrected chi connectivity index (χ0v) is 6.67. The van der Waals surface area contributed by atoms with Gasteiger partial charge >= 0.3 is 5.97 Å². The minimum Gasteiger partial charge on any atom is -0.465 e. The summed E-state index contributed by atoms with van der Waals surface area (Å²) in [6.45, 7) is 0. The smallest absolute Gasteiger partial charge is 0.337 e. The SMILES string of the molecule is COC(=O)C1=CCCCC=C1. The largest absolute Gasteiger partial charge is 0.465 e. The fourth-order valence-electron chi connectivity index (χ4n) is 1.04. The van der Waals surface area contributed by atoms with E-state index >= 15 is 0 Å². The highest BCUT2D eigenvalue weighted by atomic mass is 16.5. The lowest BCUT2D eigenvalue weighted by Gasteiger charge is -1.96. The molecule has 0 N–H and O–H groups in total. The lowest BCUT2D eigenvalue weighted by atomic mass is 10.2. The number of esters is 1. The highest BCUT2D eigenvalue weighted by molar-refractivity contribution is 5.91. The van der Waals surface area contributed by atoms with Gasteiger partial charge in [0.15, 0.2) is 0 Å². The monoisotopic (exact) mass is 152 g/mol.